The zero-order valence-corrected chi connectivity index (χ0v) is 22.5. The molecule has 0 aliphatic carbocycles. The highest BCUT2D eigenvalue weighted by molar-refractivity contribution is 6.29. The fraction of sp³-hybridized carbons (Fsp3) is 0.118. The number of carboxylic acid groups (broad SMARTS) is 1. The first-order chi connectivity index (χ1) is 19.0. The lowest BCUT2D eigenvalue weighted by Gasteiger charge is -2.39. The third kappa shape index (κ3) is 8.92. The number of halogens is 1. The molecule has 0 bridgehead atoms. The maximum absolute atomic E-state index is 10.1. The molecule has 0 radical (unpaired) electrons. The Bertz CT molecular complexity index is 1240. The number of carbonyl (C=O) groups is 1. The molecule has 0 saturated heterocycles. The Morgan fingerprint density at radius 1 is 0.564 bits per heavy atom. The number of aromatic nitrogens is 1. The van der Waals surface area contributed by atoms with Crippen LogP contribution in [0.2, 0.25) is 5.15 Å². The monoisotopic (exact) mass is 534 g/mol. The molecule has 39 heavy (non-hydrogen) atoms. The standard InChI is InChI=1S/C28H28N.C6H4ClNO2/c1-5-13-25(14-6-1)21-29(22-26-15-7-2-8-16-26,23-27-17-9-3-10-18-27)24-28-19-11-4-12-20-28;7-5-2-1-4(3-8-5)6(9)10/h1-20H,21-24H2;1-3H,(H,9,10)/q+1;/p-1. The maximum Gasteiger partial charge on any atom is 0.129 e. The summed E-state index contributed by atoms with van der Waals surface area (Å²) in [6, 6.07) is 46.4. The van der Waals surface area contributed by atoms with E-state index in [2.05, 4.69) is 126 Å². The molecule has 0 unspecified atom stereocenters. The molecule has 0 fully saturated rings. The van der Waals surface area contributed by atoms with E-state index in [1.54, 1.807) is 0 Å². The van der Waals surface area contributed by atoms with E-state index in [1.807, 2.05) is 0 Å². The van der Waals surface area contributed by atoms with Gasteiger partial charge in [0.05, 0.1) is 5.97 Å². The molecule has 4 aromatic carbocycles. The summed E-state index contributed by atoms with van der Waals surface area (Å²) in [6.45, 7) is 4.00. The third-order valence-electron chi connectivity index (χ3n) is 6.41. The fourth-order valence-electron chi connectivity index (χ4n) is 4.71. The van der Waals surface area contributed by atoms with Crippen LogP contribution in [0.4, 0.5) is 0 Å². The normalized spacial score (nSPS) is 10.8. The summed E-state index contributed by atoms with van der Waals surface area (Å²) in [6.07, 6.45) is 1.15. The van der Waals surface area contributed by atoms with Crippen molar-refractivity contribution in [2.24, 2.45) is 0 Å². The van der Waals surface area contributed by atoms with Crippen molar-refractivity contribution in [2.75, 3.05) is 0 Å². The topological polar surface area (TPSA) is 53.0 Å². The van der Waals surface area contributed by atoms with Crippen molar-refractivity contribution in [3.8, 4) is 0 Å². The van der Waals surface area contributed by atoms with E-state index < -0.39 is 5.97 Å². The lowest BCUT2D eigenvalue weighted by molar-refractivity contribution is -0.978. The predicted octanol–water partition coefficient (Wildman–Crippen LogP) is 6.70. The van der Waals surface area contributed by atoms with E-state index >= 15 is 0 Å². The first-order valence-electron chi connectivity index (χ1n) is 12.9. The van der Waals surface area contributed by atoms with Crippen LogP contribution in [0.25, 0.3) is 0 Å². The number of pyridine rings is 1. The van der Waals surface area contributed by atoms with Gasteiger partial charge in [0, 0.05) is 34.0 Å². The molecule has 5 heteroatoms. The largest absolute Gasteiger partial charge is 0.545 e. The molecule has 0 spiro atoms. The Balaban J connectivity index is 0.000000298. The van der Waals surface area contributed by atoms with Gasteiger partial charge in [0.2, 0.25) is 0 Å². The number of aromatic carboxylic acids is 1. The Labute approximate surface area is 235 Å². The van der Waals surface area contributed by atoms with Crippen molar-refractivity contribution in [1.82, 2.24) is 4.98 Å². The molecule has 0 aliphatic rings. The average molecular weight is 535 g/mol. The van der Waals surface area contributed by atoms with Gasteiger partial charge in [-0.25, -0.2) is 4.98 Å². The lowest BCUT2D eigenvalue weighted by Crippen LogP contribution is -2.45. The van der Waals surface area contributed by atoms with Gasteiger partial charge in [-0.3, -0.25) is 0 Å². The first-order valence-corrected chi connectivity index (χ1v) is 13.2. The van der Waals surface area contributed by atoms with Gasteiger partial charge >= 0.3 is 0 Å². The highest BCUT2D eigenvalue weighted by Crippen LogP contribution is 2.27. The number of carboxylic acids is 1. The van der Waals surface area contributed by atoms with Gasteiger partial charge in [0.15, 0.2) is 0 Å². The number of nitrogens with zero attached hydrogens (tertiary/aromatic N) is 2. The number of carbonyl (C=O) groups excluding carboxylic acids is 1. The van der Waals surface area contributed by atoms with Gasteiger partial charge in [-0.15, -0.1) is 0 Å². The van der Waals surface area contributed by atoms with Crippen LogP contribution in [0.15, 0.2) is 140 Å². The summed E-state index contributed by atoms with van der Waals surface area (Å²) in [5.74, 6) is -1.25. The Kier molecular flexibility index (Phi) is 10.0. The van der Waals surface area contributed by atoms with Crippen LogP contribution in [-0.2, 0) is 26.2 Å². The second kappa shape index (κ2) is 14.1. The molecule has 0 amide bonds. The van der Waals surface area contributed by atoms with Crippen molar-refractivity contribution >= 4 is 17.6 Å². The van der Waals surface area contributed by atoms with Crippen molar-refractivity contribution in [3.05, 3.63) is 173 Å². The Morgan fingerprint density at radius 2 is 0.897 bits per heavy atom. The SMILES string of the molecule is O=C([O-])c1ccc(Cl)nc1.c1ccc(C[N+](Cc2ccccc2)(Cc2ccccc2)Cc2ccccc2)cc1. The molecular weight excluding hydrogens is 504 g/mol. The molecule has 1 heterocycles. The number of hydrogen-bond acceptors (Lipinski definition) is 3. The van der Waals surface area contributed by atoms with Crippen LogP contribution in [0.3, 0.4) is 0 Å². The van der Waals surface area contributed by atoms with E-state index in [4.69, 9.17) is 11.6 Å². The van der Waals surface area contributed by atoms with E-state index in [0.29, 0.717) is 0 Å². The molecule has 1 aromatic heterocycles. The molecular formula is C34H31ClN2O2. The lowest BCUT2D eigenvalue weighted by atomic mass is 10.0. The highest BCUT2D eigenvalue weighted by atomic mass is 35.5. The number of rotatable bonds is 9. The molecule has 0 aliphatic heterocycles. The van der Waals surface area contributed by atoms with Crippen molar-refractivity contribution < 1.29 is 14.4 Å². The molecule has 4 nitrogen and oxygen atoms in total. The van der Waals surface area contributed by atoms with Gasteiger partial charge < -0.3 is 14.4 Å². The second-order valence-electron chi connectivity index (χ2n) is 9.57. The summed E-state index contributed by atoms with van der Waals surface area (Å²) >= 11 is 5.39. The Hall–Kier alpha value is -4.25. The fourth-order valence-corrected chi connectivity index (χ4v) is 4.83. The van der Waals surface area contributed by atoms with Crippen LogP contribution in [0.1, 0.15) is 32.6 Å². The van der Waals surface area contributed by atoms with Crippen molar-refractivity contribution in [3.63, 3.8) is 0 Å². The van der Waals surface area contributed by atoms with Gasteiger partial charge in [-0.05, 0) is 12.1 Å². The van der Waals surface area contributed by atoms with Crippen LogP contribution in [0.5, 0.6) is 0 Å². The van der Waals surface area contributed by atoms with Gasteiger partial charge in [-0.2, -0.15) is 0 Å². The van der Waals surface area contributed by atoms with E-state index in [0.717, 1.165) is 36.9 Å². The molecule has 5 rings (SSSR count). The molecule has 5 aromatic rings. The number of benzene rings is 4. The van der Waals surface area contributed by atoms with Crippen molar-refractivity contribution in [2.45, 2.75) is 26.2 Å². The van der Waals surface area contributed by atoms with Crippen LogP contribution < -0.4 is 5.11 Å². The summed E-state index contributed by atoms with van der Waals surface area (Å²) < 4.78 is 0.960. The minimum atomic E-state index is -1.25. The van der Waals surface area contributed by atoms with Gasteiger partial charge in [0.25, 0.3) is 0 Å². The summed E-state index contributed by atoms with van der Waals surface area (Å²) in [7, 11) is 0. The van der Waals surface area contributed by atoms with Crippen molar-refractivity contribution in [1.29, 1.82) is 0 Å². The molecule has 0 atom stereocenters. The quantitative estimate of drug-likeness (QED) is 0.156. The number of quaternary nitrogens is 1. The van der Waals surface area contributed by atoms with Crippen LogP contribution in [-0.4, -0.2) is 15.4 Å². The van der Waals surface area contributed by atoms with Crippen LogP contribution >= 0.6 is 11.6 Å². The average Bonchev–Trinajstić information content (AvgIpc) is 2.96. The molecule has 0 saturated carbocycles. The minimum Gasteiger partial charge on any atom is -0.545 e. The molecule has 0 N–H and O–H groups in total. The van der Waals surface area contributed by atoms with Crippen LogP contribution in [0, 0.1) is 0 Å². The highest BCUT2D eigenvalue weighted by Gasteiger charge is 2.29. The van der Waals surface area contributed by atoms with Gasteiger partial charge in [-0.1, -0.05) is 133 Å². The zero-order chi connectivity index (χ0) is 27.3. The van der Waals surface area contributed by atoms with E-state index in [-0.39, 0.29) is 10.7 Å². The second-order valence-corrected chi connectivity index (χ2v) is 9.96. The smallest absolute Gasteiger partial charge is 0.129 e. The van der Waals surface area contributed by atoms with E-state index in [9.17, 15) is 9.90 Å². The summed E-state index contributed by atoms with van der Waals surface area (Å²) in [5, 5.41) is 10.4. The van der Waals surface area contributed by atoms with Gasteiger partial charge in [0.1, 0.15) is 31.3 Å². The summed E-state index contributed by atoms with van der Waals surface area (Å²) in [5.41, 5.74) is 5.57. The number of hydrogen-bond donors (Lipinski definition) is 0. The third-order valence-corrected chi connectivity index (χ3v) is 6.63. The zero-order valence-electron chi connectivity index (χ0n) is 21.7. The minimum absolute atomic E-state index is 0.0319. The maximum atomic E-state index is 10.1. The first kappa shape index (κ1) is 27.8. The summed E-state index contributed by atoms with van der Waals surface area (Å²) in [4.78, 5) is 13.7. The predicted molar refractivity (Wildman–Crippen MR) is 154 cm³/mol. The molecule has 196 valence electrons. The Morgan fingerprint density at radius 3 is 1.15 bits per heavy atom. The van der Waals surface area contributed by atoms with E-state index in [1.165, 1.54) is 34.4 Å².